The second-order valence-electron chi connectivity index (χ2n) is 4.42. The lowest BCUT2D eigenvalue weighted by Crippen LogP contribution is -1.95. The summed E-state index contributed by atoms with van der Waals surface area (Å²) in [5.74, 6) is 1.39. The van der Waals surface area contributed by atoms with E-state index in [4.69, 9.17) is 26.1 Å². The molecule has 0 atom stereocenters. The van der Waals surface area contributed by atoms with E-state index in [1.807, 2.05) is 24.3 Å². The van der Waals surface area contributed by atoms with Crippen LogP contribution in [0.1, 0.15) is 11.5 Å². The summed E-state index contributed by atoms with van der Waals surface area (Å²) >= 11 is 6.09. The van der Waals surface area contributed by atoms with Crippen molar-refractivity contribution in [2.45, 2.75) is 6.61 Å². The Labute approximate surface area is 131 Å². The minimum absolute atomic E-state index is 0.142. The standard InChI is InChI=1S/C16H10ClN3O2/c17-14-4-2-1-3-13(14)16-19-15(22-20-16)10-21-12-7-5-11(9-18)6-8-12/h1-8H,10H2. The van der Waals surface area contributed by atoms with E-state index in [1.165, 1.54) is 0 Å². The second kappa shape index (κ2) is 6.29. The van der Waals surface area contributed by atoms with E-state index >= 15 is 0 Å². The predicted molar refractivity (Wildman–Crippen MR) is 80.2 cm³/mol. The molecule has 0 aliphatic rings. The first kappa shape index (κ1) is 14.1. The van der Waals surface area contributed by atoms with Crippen LogP contribution >= 0.6 is 11.6 Å². The topological polar surface area (TPSA) is 71.9 Å². The number of hydrogen-bond donors (Lipinski definition) is 0. The van der Waals surface area contributed by atoms with Crippen LogP contribution in [-0.2, 0) is 6.61 Å². The normalized spacial score (nSPS) is 10.2. The summed E-state index contributed by atoms with van der Waals surface area (Å²) in [6, 6.07) is 16.1. The van der Waals surface area contributed by atoms with Gasteiger partial charge in [0, 0.05) is 5.56 Å². The van der Waals surface area contributed by atoms with Crippen molar-refractivity contribution < 1.29 is 9.26 Å². The van der Waals surface area contributed by atoms with Crippen molar-refractivity contribution in [3.63, 3.8) is 0 Å². The van der Waals surface area contributed by atoms with Gasteiger partial charge in [0.15, 0.2) is 6.61 Å². The molecular weight excluding hydrogens is 302 g/mol. The molecule has 0 bridgehead atoms. The molecule has 5 nitrogen and oxygen atoms in total. The average Bonchev–Trinajstić information content (AvgIpc) is 3.02. The summed E-state index contributed by atoms with van der Waals surface area (Å²) in [5.41, 5.74) is 1.28. The van der Waals surface area contributed by atoms with E-state index in [9.17, 15) is 0 Å². The highest BCUT2D eigenvalue weighted by Gasteiger charge is 2.11. The van der Waals surface area contributed by atoms with Crippen LogP contribution in [0.15, 0.2) is 53.1 Å². The van der Waals surface area contributed by atoms with Crippen molar-refractivity contribution in [1.29, 1.82) is 5.26 Å². The molecule has 2 aromatic carbocycles. The molecule has 3 aromatic rings. The Balaban J connectivity index is 1.69. The summed E-state index contributed by atoms with van der Waals surface area (Å²) in [7, 11) is 0. The number of hydrogen-bond acceptors (Lipinski definition) is 5. The minimum atomic E-state index is 0.142. The Kier molecular flexibility index (Phi) is 4.03. The van der Waals surface area contributed by atoms with Gasteiger partial charge in [0.05, 0.1) is 16.7 Å². The summed E-state index contributed by atoms with van der Waals surface area (Å²) < 4.78 is 10.7. The van der Waals surface area contributed by atoms with Gasteiger partial charge in [-0.15, -0.1) is 0 Å². The third-order valence-electron chi connectivity index (χ3n) is 2.93. The Morgan fingerprint density at radius 2 is 1.91 bits per heavy atom. The quantitative estimate of drug-likeness (QED) is 0.732. The van der Waals surface area contributed by atoms with E-state index in [0.29, 0.717) is 33.6 Å². The molecule has 0 aliphatic heterocycles. The molecule has 0 saturated carbocycles. The highest BCUT2D eigenvalue weighted by Crippen LogP contribution is 2.25. The maximum absolute atomic E-state index is 8.73. The van der Waals surface area contributed by atoms with Gasteiger partial charge in [-0.2, -0.15) is 10.2 Å². The van der Waals surface area contributed by atoms with Gasteiger partial charge in [-0.3, -0.25) is 0 Å². The highest BCUT2D eigenvalue weighted by molar-refractivity contribution is 6.33. The van der Waals surface area contributed by atoms with Crippen LogP contribution in [0.3, 0.4) is 0 Å². The van der Waals surface area contributed by atoms with E-state index in [1.54, 1.807) is 30.3 Å². The largest absolute Gasteiger partial charge is 0.484 e. The Morgan fingerprint density at radius 3 is 2.64 bits per heavy atom. The van der Waals surface area contributed by atoms with Crippen molar-refractivity contribution in [2.24, 2.45) is 0 Å². The second-order valence-corrected chi connectivity index (χ2v) is 4.82. The van der Waals surface area contributed by atoms with Gasteiger partial charge in [0.25, 0.3) is 5.89 Å². The summed E-state index contributed by atoms with van der Waals surface area (Å²) in [6.45, 7) is 0.142. The van der Waals surface area contributed by atoms with Gasteiger partial charge in [-0.05, 0) is 36.4 Å². The maximum Gasteiger partial charge on any atom is 0.264 e. The van der Waals surface area contributed by atoms with E-state index in [-0.39, 0.29) is 6.61 Å². The van der Waals surface area contributed by atoms with E-state index in [2.05, 4.69) is 10.1 Å². The third-order valence-corrected chi connectivity index (χ3v) is 3.26. The number of rotatable bonds is 4. The van der Waals surface area contributed by atoms with Crippen molar-refractivity contribution in [3.05, 3.63) is 65.0 Å². The van der Waals surface area contributed by atoms with E-state index in [0.717, 1.165) is 0 Å². The van der Waals surface area contributed by atoms with Gasteiger partial charge in [0.2, 0.25) is 5.82 Å². The molecule has 3 rings (SSSR count). The van der Waals surface area contributed by atoms with Crippen LogP contribution in [-0.4, -0.2) is 10.1 Å². The molecular formula is C16H10ClN3O2. The summed E-state index contributed by atoms with van der Waals surface area (Å²) in [6.07, 6.45) is 0. The lowest BCUT2D eigenvalue weighted by molar-refractivity contribution is 0.243. The van der Waals surface area contributed by atoms with Gasteiger partial charge in [-0.25, -0.2) is 0 Å². The fourth-order valence-corrected chi connectivity index (χ4v) is 2.06. The first-order valence-electron chi connectivity index (χ1n) is 6.47. The molecule has 1 aromatic heterocycles. The van der Waals surface area contributed by atoms with Gasteiger partial charge < -0.3 is 9.26 Å². The molecule has 0 unspecified atom stereocenters. The number of halogens is 1. The first-order valence-corrected chi connectivity index (χ1v) is 6.84. The van der Waals surface area contributed by atoms with Gasteiger partial charge in [-0.1, -0.05) is 28.9 Å². The maximum atomic E-state index is 8.73. The number of benzene rings is 2. The first-order chi connectivity index (χ1) is 10.8. The molecule has 108 valence electrons. The smallest absolute Gasteiger partial charge is 0.264 e. The van der Waals surface area contributed by atoms with E-state index < -0.39 is 0 Å². The molecule has 0 radical (unpaired) electrons. The molecule has 6 heteroatoms. The Morgan fingerprint density at radius 1 is 1.14 bits per heavy atom. The molecule has 22 heavy (non-hydrogen) atoms. The molecule has 0 N–H and O–H groups in total. The zero-order valence-corrected chi connectivity index (χ0v) is 12.1. The minimum Gasteiger partial charge on any atom is -0.484 e. The van der Waals surface area contributed by atoms with Crippen LogP contribution in [0, 0.1) is 11.3 Å². The van der Waals surface area contributed by atoms with Gasteiger partial charge >= 0.3 is 0 Å². The Bertz CT molecular complexity index is 822. The van der Waals surface area contributed by atoms with Crippen molar-refractivity contribution in [1.82, 2.24) is 10.1 Å². The predicted octanol–water partition coefficient (Wildman–Crippen LogP) is 3.84. The average molecular weight is 312 g/mol. The van der Waals surface area contributed by atoms with Crippen molar-refractivity contribution in [2.75, 3.05) is 0 Å². The number of aromatic nitrogens is 2. The summed E-state index contributed by atoms with van der Waals surface area (Å²) in [4.78, 5) is 4.25. The molecule has 0 fully saturated rings. The lowest BCUT2D eigenvalue weighted by Gasteiger charge is -2.02. The van der Waals surface area contributed by atoms with Crippen LogP contribution in [0.5, 0.6) is 5.75 Å². The monoisotopic (exact) mass is 311 g/mol. The molecule has 0 amide bonds. The van der Waals surface area contributed by atoms with Crippen molar-refractivity contribution in [3.8, 4) is 23.2 Å². The number of nitriles is 1. The van der Waals surface area contributed by atoms with Crippen LogP contribution in [0.25, 0.3) is 11.4 Å². The Hall–Kier alpha value is -2.84. The van der Waals surface area contributed by atoms with Crippen molar-refractivity contribution >= 4 is 11.6 Å². The highest BCUT2D eigenvalue weighted by atomic mass is 35.5. The number of nitrogens with zero attached hydrogens (tertiary/aromatic N) is 3. The van der Waals surface area contributed by atoms with Crippen LogP contribution in [0.2, 0.25) is 5.02 Å². The zero-order chi connectivity index (χ0) is 15.4. The lowest BCUT2D eigenvalue weighted by atomic mass is 10.2. The fraction of sp³-hybridized carbons (Fsp3) is 0.0625. The molecule has 1 heterocycles. The summed E-state index contributed by atoms with van der Waals surface area (Å²) in [5, 5.41) is 13.2. The zero-order valence-electron chi connectivity index (χ0n) is 11.4. The number of ether oxygens (including phenoxy) is 1. The molecule has 0 aliphatic carbocycles. The van der Waals surface area contributed by atoms with Crippen LogP contribution < -0.4 is 4.74 Å². The molecule has 0 saturated heterocycles. The molecule has 0 spiro atoms. The third kappa shape index (κ3) is 3.08. The van der Waals surface area contributed by atoms with Crippen LogP contribution in [0.4, 0.5) is 0 Å². The fourth-order valence-electron chi connectivity index (χ4n) is 1.84. The van der Waals surface area contributed by atoms with Gasteiger partial charge in [0.1, 0.15) is 5.75 Å². The SMILES string of the molecule is N#Cc1ccc(OCc2nc(-c3ccccc3Cl)no2)cc1.